The van der Waals surface area contributed by atoms with E-state index in [1.54, 1.807) is 25.0 Å². The second-order valence-corrected chi connectivity index (χ2v) is 8.98. The molecule has 2 amide bonds. The quantitative estimate of drug-likeness (QED) is 0.289. The zero-order chi connectivity index (χ0) is 29.3. The molecule has 2 N–H and O–H groups in total. The van der Waals surface area contributed by atoms with Gasteiger partial charge in [0.05, 0.1) is 57.4 Å². The number of allylic oxidation sites excluding steroid dienone is 1. The highest BCUT2D eigenvalue weighted by atomic mass is 19.1. The third-order valence-corrected chi connectivity index (χ3v) is 6.70. The van der Waals surface area contributed by atoms with Gasteiger partial charge in [-0.3, -0.25) is 9.80 Å². The Balaban J connectivity index is 1.67. The summed E-state index contributed by atoms with van der Waals surface area (Å²) in [6.07, 6.45) is 5.52. The molecular formula is C28H27F2N7O4. The van der Waals surface area contributed by atoms with E-state index in [4.69, 9.17) is 19.6 Å². The standard InChI is InChI=1S/C28H27F2N7O4/c1-32-12-18(10-31)37-25-17(15-35(28(37)38)26-23(29)21(40-3)9-22(41-4)24(26)30)11-33-27-20(25)13-34-36(27)14-16-5-7-19(39-2)8-6-16/h5-13,31-32H,14-15H2,1-4H3/b18-12+,31-10?. The van der Waals surface area contributed by atoms with Gasteiger partial charge in [-0.2, -0.15) is 5.10 Å². The van der Waals surface area contributed by atoms with Crippen molar-refractivity contribution in [3.05, 3.63) is 77.4 Å². The zero-order valence-electron chi connectivity index (χ0n) is 22.7. The number of carbonyl (C=O) groups is 1. The van der Waals surface area contributed by atoms with E-state index in [-0.39, 0.29) is 23.7 Å². The average Bonchev–Trinajstić information content (AvgIpc) is 3.39. The maximum absolute atomic E-state index is 15.5. The van der Waals surface area contributed by atoms with Crippen molar-refractivity contribution in [3.8, 4) is 17.2 Å². The third-order valence-electron chi connectivity index (χ3n) is 6.70. The molecule has 2 aromatic carbocycles. The van der Waals surface area contributed by atoms with Gasteiger partial charge in [-0.15, -0.1) is 0 Å². The lowest BCUT2D eigenvalue weighted by atomic mass is 10.1. The first-order valence-electron chi connectivity index (χ1n) is 12.4. The summed E-state index contributed by atoms with van der Waals surface area (Å²) in [6.45, 7) is 0.176. The summed E-state index contributed by atoms with van der Waals surface area (Å²) in [5.41, 5.74) is 1.78. The van der Waals surface area contributed by atoms with E-state index in [9.17, 15) is 4.79 Å². The van der Waals surface area contributed by atoms with Crippen LogP contribution in [0, 0.1) is 17.0 Å². The topological polar surface area (TPSA) is 118 Å². The number of pyridine rings is 1. The molecule has 0 fully saturated rings. The SMILES string of the molecule is CN/C=C(\C=N)N1C(=O)N(c2c(F)c(OC)cc(OC)c2F)Cc2cnc3c(cnn3Cc3ccc(OC)cc3)c21. The number of amides is 2. The molecule has 5 rings (SSSR count). The van der Waals surface area contributed by atoms with Crippen LogP contribution < -0.4 is 29.3 Å². The van der Waals surface area contributed by atoms with Crippen molar-refractivity contribution in [2.24, 2.45) is 0 Å². The summed E-state index contributed by atoms with van der Waals surface area (Å²) >= 11 is 0. The molecule has 0 atom stereocenters. The fourth-order valence-electron chi connectivity index (χ4n) is 4.75. The Morgan fingerprint density at radius 2 is 1.73 bits per heavy atom. The van der Waals surface area contributed by atoms with Crippen molar-refractivity contribution in [2.75, 3.05) is 38.2 Å². The van der Waals surface area contributed by atoms with Crippen molar-refractivity contribution >= 4 is 34.7 Å². The van der Waals surface area contributed by atoms with E-state index in [2.05, 4.69) is 15.4 Å². The number of carbonyl (C=O) groups excluding carboxylic acids is 1. The number of aromatic nitrogens is 3. The van der Waals surface area contributed by atoms with Crippen LogP contribution in [0.15, 0.2) is 54.6 Å². The molecule has 0 radical (unpaired) electrons. The number of rotatable bonds is 9. The van der Waals surface area contributed by atoms with Crippen molar-refractivity contribution in [3.63, 3.8) is 0 Å². The predicted molar refractivity (Wildman–Crippen MR) is 149 cm³/mol. The minimum absolute atomic E-state index is 0.120. The van der Waals surface area contributed by atoms with E-state index in [1.165, 1.54) is 31.5 Å². The van der Waals surface area contributed by atoms with Crippen molar-refractivity contribution in [2.45, 2.75) is 13.1 Å². The van der Waals surface area contributed by atoms with E-state index < -0.39 is 23.4 Å². The van der Waals surface area contributed by atoms with Crippen LogP contribution >= 0.6 is 0 Å². The number of hydrogen-bond acceptors (Lipinski definition) is 8. The Morgan fingerprint density at radius 3 is 2.32 bits per heavy atom. The van der Waals surface area contributed by atoms with Crippen LogP contribution in [0.1, 0.15) is 11.1 Å². The van der Waals surface area contributed by atoms with Gasteiger partial charge in [0.1, 0.15) is 11.4 Å². The van der Waals surface area contributed by atoms with Gasteiger partial charge in [-0.25, -0.2) is 23.2 Å². The molecule has 0 spiro atoms. The average molecular weight is 564 g/mol. The highest BCUT2D eigenvalue weighted by Crippen LogP contribution is 2.43. The van der Waals surface area contributed by atoms with Gasteiger partial charge in [-0.05, 0) is 17.7 Å². The van der Waals surface area contributed by atoms with Crippen LogP contribution in [-0.4, -0.2) is 55.4 Å². The number of hydrogen-bond donors (Lipinski definition) is 2. The molecule has 1 aliphatic heterocycles. The largest absolute Gasteiger partial charge is 0.497 e. The Hall–Kier alpha value is -5.20. The van der Waals surface area contributed by atoms with Crippen LogP contribution in [-0.2, 0) is 13.1 Å². The zero-order valence-corrected chi connectivity index (χ0v) is 22.7. The molecule has 212 valence electrons. The Labute approximate surface area is 234 Å². The van der Waals surface area contributed by atoms with E-state index in [0.717, 1.165) is 28.5 Å². The molecule has 13 heteroatoms. The third kappa shape index (κ3) is 4.64. The summed E-state index contributed by atoms with van der Waals surface area (Å²) in [5.74, 6) is -2.01. The summed E-state index contributed by atoms with van der Waals surface area (Å²) < 4.78 is 48.1. The number of methoxy groups -OCH3 is 3. The maximum Gasteiger partial charge on any atom is 0.334 e. The van der Waals surface area contributed by atoms with Gasteiger partial charge in [0, 0.05) is 37.3 Å². The molecule has 0 bridgehead atoms. The Morgan fingerprint density at radius 1 is 1.05 bits per heavy atom. The summed E-state index contributed by atoms with van der Waals surface area (Å²) in [7, 11) is 5.66. The molecular weight excluding hydrogens is 536 g/mol. The molecule has 0 aliphatic carbocycles. The lowest BCUT2D eigenvalue weighted by Gasteiger charge is -2.37. The molecule has 11 nitrogen and oxygen atoms in total. The highest BCUT2D eigenvalue weighted by molar-refractivity contribution is 6.16. The van der Waals surface area contributed by atoms with E-state index in [1.807, 2.05) is 24.3 Å². The molecule has 2 aromatic heterocycles. The number of nitrogens with zero attached hydrogens (tertiary/aromatic N) is 5. The molecule has 3 heterocycles. The first-order valence-corrected chi connectivity index (χ1v) is 12.4. The summed E-state index contributed by atoms with van der Waals surface area (Å²) in [5, 5.41) is 15.9. The molecule has 41 heavy (non-hydrogen) atoms. The first kappa shape index (κ1) is 27.4. The maximum atomic E-state index is 15.5. The lowest BCUT2D eigenvalue weighted by molar-refractivity contribution is 0.251. The van der Waals surface area contributed by atoms with E-state index >= 15 is 8.78 Å². The number of fused-ring (bicyclic) bond motifs is 3. The van der Waals surface area contributed by atoms with Crippen LogP contribution in [0.25, 0.3) is 11.0 Å². The van der Waals surface area contributed by atoms with Crippen LogP contribution in [0.2, 0.25) is 0 Å². The summed E-state index contributed by atoms with van der Waals surface area (Å²) in [6, 6.07) is 7.78. The fourth-order valence-corrected chi connectivity index (χ4v) is 4.75. The van der Waals surface area contributed by atoms with Crippen molar-refractivity contribution in [1.29, 1.82) is 5.41 Å². The second kappa shape index (κ2) is 11.1. The molecule has 1 aliphatic rings. The van der Waals surface area contributed by atoms with Crippen molar-refractivity contribution in [1.82, 2.24) is 20.1 Å². The highest BCUT2D eigenvalue weighted by Gasteiger charge is 2.39. The van der Waals surface area contributed by atoms with Gasteiger partial charge in [0.2, 0.25) is 0 Å². The number of benzene rings is 2. The molecule has 4 aromatic rings. The van der Waals surface area contributed by atoms with Gasteiger partial charge in [-0.1, -0.05) is 12.1 Å². The summed E-state index contributed by atoms with van der Waals surface area (Å²) in [4.78, 5) is 20.8. The monoisotopic (exact) mass is 563 g/mol. The Kier molecular flexibility index (Phi) is 7.42. The van der Waals surface area contributed by atoms with Gasteiger partial charge < -0.3 is 24.9 Å². The lowest BCUT2D eigenvalue weighted by Crippen LogP contribution is -2.48. The Bertz CT molecular complexity index is 1640. The van der Waals surface area contributed by atoms with Gasteiger partial charge in [0.15, 0.2) is 28.8 Å². The van der Waals surface area contributed by atoms with Crippen LogP contribution in [0.5, 0.6) is 17.2 Å². The molecule has 0 unspecified atom stereocenters. The smallest absolute Gasteiger partial charge is 0.334 e. The molecule has 0 saturated carbocycles. The number of halogens is 2. The van der Waals surface area contributed by atoms with E-state index in [0.29, 0.717) is 28.8 Å². The number of anilines is 2. The van der Waals surface area contributed by atoms with Gasteiger partial charge in [0.25, 0.3) is 0 Å². The number of ether oxygens (including phenoxy) is 3. The first-order chi connectivity index (χ1) is 19.9. The fraction of sp³-hybridized carbons (Fsp3) is 0.214. The molecule has 0 saturated heterocycles. The second-order valence-electron chi connectivity index (χ2n) is 8.98. The number of urea groups is 1. The predicted octanol–water partition coefficient (Wildman–Crippen LogP) is 4.44. The number of nitrogens with one attached hydrogen (secondary N) is 2. The van der Waals surface area contributed by atoms with Crippen LogP contribution in [0.4, 0.5) is 25.0 Å². The minimum atomic E-state index is -1.07. The van der Waals surface area contributed by atoms with Crippen LogP contribution in [0.3, 0.4) is 0 Å². The minimum Gasteiger partial charge on any atom is -0.497 e. The van der Waals surface area contributed by atoms with Crippen molar-refractivity contribution < 1.29 is 27.8 Å². The normalized spacial score (nSPS) is 13.3. The van der Waals surface area contributed by atoms with Gasteiger partial charge >= 0.3 is 6.03 Å².